The largest absolute Gasteiger partial charge is 0.493 e. The van der Waals surface area contributed by atoms with Crippen molar-refractivity contribution in [2.45, 2.75) is 0 Å². The Hall–Kier alpha value is -2.83. The Morgan fingerprint density at radius 2 is 1.90 bits per heavy atom. The van der Waals surface area contributed by atoms with Gasteiger partial charge < -0.3 is 20.9 Å². The number of benzene rings is 1. The smallest absolute Gasteiger partial charge is 0.222 e. The fraction of sp³-hybridized carbons (Fsp3) is 0.154. The maximum absolute atomic E-state index is 5.70. The lowest BCUT2D eigenvalue weighted by atomic mass is 10.2. The monoisotopic (exact) mass is 273 g/mol. The Morgan fingerprint density at radius 3 is 2.55 bits per heavy atom. The summed E-state index contributed by atoms with van der Waals surface area (Å²) in [5.41, 5.74) is 12.4. The standard InChI is InChI=1S/C13H15N5O2/c1-19-10-4-3-8(5-11(10)20-2)6-16-9-7-17-13(15)18-12(9)14/h3-7H,1-2H3,(H4,14,15,17,18). The highest BCUT2D eigenvalue weighted by Crippen LogP contribution is 2.27. The van der Waals surface area contributed by atoms with E-state index in [1.54, 1.807) is 32.6 Å². The first-order valence-electron chi connectivity index (χ1n) is 5.78. The van der Waals surface area contributed by atoms with Gasteiger partial charge in [0.05, 0.1) is 20.4 Å². The van der Waals surface area contributed by atoms with Crippen molar-refractivity contribution in [2.75, 3.05) is 25.7 Å². The van der Waals surface area contributed by atoms with Crippen molar-refractivity contribution >= 4 is 23.7 Å². The molecule has 2 rings (SSSR count). The van der Waals surface area contributed by atoms with Gasteiger partial charge in [-0.05, 0) is 23.8 Å². The van der Waals surface area contributed by atoms with E-state index in [2.05, 4.69) is 15.0 Å². The van der Waals surface area contributed by atoms with Crippen LogP contribution in [0.2, 0.25) is 0 Å². The molecule has 0 atom stereocenters. The molecule has 0 unspecified atom stereocenters. The third-order valence-corrected chi connectivity index (χ3v) is 2.58. The highest BCUT2D eigenvalue weighted by atomic mass is 16.5. The Labute approximate surface area is 116 Å². The van der Waals surface area contributed by atoms with Crippen molar-refractivity contribution in [1.29, 1.82) is 0 Å². The van der Waals surface area contributed by atoms with Crippen LogP contribution in [0.1, 0.15) is 5.56 Å². The number of methoxy groups -OCH3 is 2. The average molecular weight is 273 g/mol. The van der Waals surface area contributed by atoms with Crippen LogP contribution in [0.5, 0.6) is 11.5 Å². The van der Waals surface area contributed by atoms with Gasteiger partial charge in [-0.25, -0.2) is 4.98 Å². The van der Waals surface area contributed by atoms with Gasteiger partial charge in [-0.15, -0.1) is 0 Å². The quantitative estimate of drug-likeness (QED) is 0.815. The number of aliphatic imine (C=N–C) groups is 1. The molecule has 0 radical (unpaired) electrons. The summed E-state index contributed by atoms with van der Waals surface area (Å²) in [7, 11) is 3.16. The Kier molecular flexibility index (Phi) is 3.99. The average Bonchev–Trinajstić information content (AvgIpc) is 2.46. The minimum Gasteiger partial charge on any atom is -0.493 e. The van der Waals surface area contributed by atoms with Crippen molar-refractivity contribution in [1.82, 2.24) is 9.97 Å². The molecule has 0 spiro atoms. The van der Waals surface area contributed by atoms with Gasteiger partial charge in [0.15, 0.2) is 17.3 Å². The molecular weight excluding hydrogens is 258 g/mol. The van der Waals surface area contributed by atoms with Crippen molar-refractivity contribution in [3.63, 3.8) is 0 Å². The van der Waals surface area contributed by atoms with E-state index in [-0.39, 0.29) is 11.8 Å². The highest BCUT2D eigenvalue weighted by molar-refractivity contribution is 5.84. The molecule has 104 valence electrons. The first-order chi connectivity index (χ1) is 9.63. The number of hydrogen-bond donors (Lipinski definition) is 2. The van der Waals surface area contributed by atoms with Crippen LogP contribution in [-0.4, -0.2) is 30.4 Å². The summed E-state index contributed by atoms with van der Waals surface area (Å²) in [4.78, 5) is 11.9. The fourth-order valence-corrected chi connectivity index (χ4v) is 1.58. The maximum Gasteiger partial charge on any atom is 0.222 e. The zero-order chi connectivity index (χ0) is 14.5. The third kappa shape index (κ3) is 2.94. The molecule has 0 aliphatic rings. The van der Waals surface area contributed by atoms with Crippen LogP contribution in [0.3, 0.4) is 0 Å². The molecule has 0 saturated heterocycles. The van der Waals surface area contributed by atoms with Crippen LogP contribution in [0.15, 0.2) is 29.4 Å². The molecule has 0 aliphatic heterocycles. The van der Waals surface area contributed by atoms with Gasteiger partial charge in [0.2, 0.25) is 5.95 Å². The van der Waals surface area contributed by atoms with E-state index in [0.29, 0.717) is 17.2 Å². The molecule has 7 nitrogen and oxygen atoms in total. The topological polar surface area (TPSA) is 109 Å². The van der Waals surface area contributed by atoms with Gasteiger partial charge in [-0.2, -0.15) is 4.98 Å². The second-order valence-corrected chi connectivity index (χ2v) is 3.87. The van der Waals surface area contributed by atoms with Gasteiger partial charge in [-0.1, -0.05) is 0 Å². The second-order valence-electron chi connectivity index (χ2n) is 3.87. The van der Waals surface area contributed by atoms with Crippen LogP contribution >= 0.6 is 0 Å². The summed E-state index contributed by atoms with van der Waals surface area (Å²) >= 11 is 0. The van der Waals surface area contributed by atoms with Crippen molar-refractivity contribution in [2.24, 2.45) is 4.99 Å². The first-order valence-corrected chi connectivity index (χ1v) is 5.78. The third-order valence-electron chi connectivity index (χ3n) is 2.58. The molecule has 0 fully saturated rings. The van der Waals surface area contributed by atoms with Gasteiger partial charge >= 0.3 is 0 Å². The number of nitrogen functional groups attached to an aromatic ring is 2. The molecule has 1 aromatic carbocycles. The number of hydrogen-bond acceptors (Lipinski definition) is 7. The van der Waals surface area contributed by atoms with Crippen LogP contribution < -0.4 is 20.9 Å². The Balaban J connectivity index is 2.27. The summed E-state index contributed by atoms with van der Waals surface area (Å²) in [6, 6.07) is 5.44. The molecule has 0 saturated carbocycles. The molecule has 20 heavy (non-hydrogen) atoms. The van der Waals surface area contributed by atoms with Gasteiger partial charge in [0.1, 0.15) is 5.69 Å². The van der Waals surface area contributed by atoms with E-state index in [4.69, 9.17) is 20.9 Å². The molecule has 7 heteroatoms. The van der Waals surface area contributed by atoms with Gasteiger partial charge in [0.25, 0.3) is 0 Å². The van der Waals surface area contributed by atoms with Crippen LogP contribution in [-0.2, 0) is 0 Å². The minimum absolute atomic E-state index is 0.118. The van der Waals surface area contributed by atoms with Crippen molar-refractivity contribution in [3.05, 3.63) is 30.0 Å². The fourth-order valence-electron chi connectivity index (χ4n) is 1.58. The van der Waals surface area contributed by atoms with Crippen LogP contribution in [0.4, 0.5) is 17.5 Å². The minimum atomic E-state index is 0.118. The summed E-state index contributed by atoms with van der Waals surface area (Å²) in [5.74, 6) is 1.62. The van der Waals surface area contributed by atoms with Gasteiger partial charge in [-0.3, -0.25) is 4.99 Å². The zero-order valence-corrected chi connectivity index (χ0v) is 11.2. The molecule has 1 aromatic heterocycles. The summed E-state index contributed by atoms with van der Waals surface area (Å²) in [6.07, 6.45) is 3.10. The molecule has 2 aromatic rings. The predicted octanol–water partition coefficient (Wildman–Crippen LogP) is 1.41. The molecular formula is C13H15N5O2. The number of nitrogens with zero attached hydrogens (tertiary/aromatic N) is 3. The Morgan fingerprint density at radius 1 is 1.15 bits per heavy atom. The van der Waals surface area contributed by atoms with Crippen molar-refractivity contribution < 1.29 is 9.47 Å². The lowest BCUT2D eigenvalue weighted by molar-refractivity contribution is 0.355. The first kappa shape index (κ1) is 13.6. The van der Waals surface area contributed by atoms with E-state index >= 15 is 0 Å². The lowest BCUT2D eigenvalue weighted by Gasteiger charge is -2.07. The summed E-state index contributed by atoms with van der Waals surface area (Å²) < 4.78 is 10.4. The maximum atomic E-state index is 5.70. The van der Waals surface area contributed by atoms with E-state index in [1.165, 1.54) is 6.20 Å². The summed E-state index contributed by atoms with van der Waals surface area (Å²) in [5, 5.41) is 0. The summed E-state index contributed by atoms with van der Waals surface area (Å²) in [6.45, 7) is 0. The molecule has 0 amide bonds. The van der Waals surface area contributed by atoms with Crippen molar-refractivity contribution in [3.8, 4) is 11.5 Å². The lowest BCUT2D eigenvalue weighted by Crippen LogP contribution is -1.98. The molecule has 4 N–H and O–H groups in total. The van der Waals surface area contributed by atoms with E-state index in [0.717, 1.165) is 5.56 Å². The van der Waals surface area contributed by atoms with E-state index < -0.39 is 0 Å². The number of rotatable bonds is 4. The number of anilines is 2. The predicted molar refractivity (Wildman–Crippen MR) is 77.7 cm³/mol. The van der Waals surface area contributed by atoms with Crippen LogP contribution in [0, 0.1) is 0 Å². The van der Waals surface area contributed by atoms with Crippen LogP contribution in [0.25, 0.3) is 0 Å². The molecule has 1 heterocycles. The van der Waals surface area contributed by atoms with E-state index in [9.17, 15) is 0 Å². The SMILES string of the molecule is COc1ccc(C=Nc2cnc(N)nc2N)cc1OC. The van der Waals surface area contributed by atoms with Gasteiger partial charge in [0, 0.05) is 6.21 Å². The number of nitrogens with two attached hydrogens (primary N) is 2. The molecule has 0 aliphatic carbocycles. The highest BCUT2D eigenvalue weighted by Gasteiger charge is 2.04. The second kappa shape index (κ2) is 5.87. The molecule has 0 bridgehead atoms. The van der Waals surface area contributed by atoms with E-state index in [1.807, 2.05) is 6.07 Å². The normalized spacial score (nSPS) is 10.7. The zero-order valence-electron chi connectivity index (χ0n) is 11.2. The Bertz CT molecular complexity index is 643. The number of aromatic nitrogens is 2. The number of ether oxygens (including phenoxy) is 2.